The van der Waals surface area contributed by atoms with E-state index in [1.807, 2.05) is 0 Å². The van der Waals surface area contributed by atoms with Crippen LogP contribution in [0.1, 0.15) is 384 Å². The van der Waals surface area contributed by atoms with Crippen LogP contribution in [0, 0.1) is 5.92 Å². The molecule has 0 aromatic heterocycles. The molecule has 1 aromatic carbocycles. The second kappa shape index (κ2) is 59.0. The van der Waals surface area contributed by atoms with Crippen LogP contribution in [0.2, 0.25) is 0 Å². The van der Waals surface area contributed by atoms with Crippen molar-refractivity contribution in [3.63, 3.8) is 0 Å². The highest BCUT2D eigenvalue weighted by Gasteiger charge is 2.55. The van der Waals surface area contributed by atoms with Gasteiger partial charge in [-0.05, 0) is 19.3 Å². The molecular formula is C73H132O8. The third kappa shape index (κ3) is 46.3. The van der Waals surface area contributed by atoms with E-state index in [-0.39, 0.29) is 25.4 Å². The molecule has 81 heavy (non-hydrogen) atoms. The molecule has 8 nitrogen and oxygen atoms in total. The molecular weight excluding hydrogens is 1000 g/mol. The van der Waals surface area contributed by atoms with Gasteiger partial charge in [-0.25, -0.2) is 4.79 Å². The third-order valence-corrected chi connectivity index (χ3v) is 17.0. The first-order valence-corrected chi connectivity index (χ1v) is 35.6. The summed E-state index contributed by atoms with van der Waals surface area (Å²) in [5.74, 6) is -5.83. The van der Waals surface area contributed by atoms with Crippen molar-refractivity contribution in [1.82, 2.24) is 0 Å². The lowest BCUT2D eigenvalue weighted by atomic mass is 9.79. The van der Waals surface area contributed by atoms with Crippen molar-refractivity contribution in [1.29, 1.82) is 0 Å². The third-order valence-electron chi connectivity index (χ3n) is 17.0. The SMILES string of the molecule is CCCCCCCCCCCCCCCCCCCCOC(=O)CC(O)(C(=O)OCCCCCCCCCCCCCCCCCCCC)C(C(=O)OCCCCCCCCCCCCCCCCCCCC)C(=O)c1ccccc1. The maximum absolute atomic E-state index is 14.3. The van der Waals surface area contributed by atoms with E-state index in [0.717, 1.165) is 57.8 Å². The fourth-order valence-corrected chi connectivity index (χ4v) is 11.6. The van der Waals surface area contributed by atoms with Crippen LogP contribution in [0.3, 0.4) is 0 Å². The summed E-state index contributed by atoms with van der Waals surface area (Å²) in [5, 5.41) is 12.4. The van der Waals surface area contributed by atoms with Gasteiger partial charge in [-0.3, -0.25) is 14.4 Å². The fraction of sp³-hybridized carbons (Fsp3) is 0.863. The molecule has 2 atom stereocenters. The minimum Gasteiger partial charge on any atom is -0.466 e. The number of rotatable bonds is 64. The molecule has 0 aliphatic heterocycles. The minimum atomic E-state index is -2.81. The molecule has 472 valence electrons. The first kappa shape index (κ1) is 76.3. The van der Waals surface area contributed by atoms with Crippen LogP contribution in [-0.4, -0.2) is 54.2 Å². The van der Waals surface area contributed by atoms with Gasteiger partial charge in [0.1, 0.15) is 0 Å². The average molecular weight is 1140 g/mol. The van der Waals surface area contributed by atoms with Gasteiger partial charge in [-0.2, -0.15) is 0 Å². The largest absolute Gasteiger partial charge is 0.466 e. The van der Waals surface area contributed by atoms with E-state index in [2.05, 4.69) is 20.8 Å². The van der Waals surface area contributed by atoms with E-state index in [1.54, 1.807) is 30.3 Å². The molecule has 0 saturated heterocycles. The summed E-state index contributed by atoms with van der Waals surface area (Å²) in [6.45, 7) is 7.01. The normalized spacial score (nSPS) is 12.6. The number of carbonyl (C=O) groups excluding carboxylic acids is 4. The first-order chi connectivity index (χ1) is 39.8. The predicted octanol–water partition coefficient (Wildman–Crippen LogP) is 22.4. The number of carbonyl (C=O) groups is 4. The van der Waals surface area contributed by atoms with Crippen LogP contribution in [-0.2, 0) is 28.6 Å². The minimum absolute atomic E-state index is 0.00877. The van der Waals surface area contributed by atoms with Crippen molar-refractivity contribution in [2.45, 2.75) is 380 Å². The number of ether oxygens (including phenoxy) is 3. The molecule has 0 heterocycles. The highest BCUT2D eigenvalue weighted by Crippen LogP contribution is 2.31. The maximum atomic E-state index is 14.3. The molecule has 0 saturated carbocycles. The molecule has 0 spiro atoms. The van der Waals surface area contributed by atoms with E-state index < -0.39 is 41.6 Å². The molecule has 1 aromatic rings. The zero-order valence-electron chi connectivity index (χ0n) is 53.8. The van der Waals surface area contributed by atoms with E-state index in [4.69, 9.17) is 14.2 Å². The Morgan fingerprint density at radius 1 is 0.333 bits per heavy atom. The van der Waals surface area contributed by atoms with Crippen LogP contribution in [0.25, 0.3) is 0 Å². The Bertz CT molecular complexity index is 1530. The van der Waals surface area contributed by atoms with E-state index in [9.17, 15) is 24.3 Å². The van der Waals surface area contributed by atoms with Gasteiger partial charge >= 0.3 is 17.9 Å². The number of Topliss-reactive ketones (excluding diaryl/α,β-unsaturated/α-hetero) is 1. The summed E-state index contributed by atoms with van der Waals surface area (Å²) in [5.41, 5.74) is -2.67. The summed E-state index contributed by atoms with van der Waals surface area (Å²) in [6, 6.07) is 8.16. The van der Waals surface area contributed by atoms with Gasteiger partial charge in [0.2, 0.25) is 0 Å². The van der Waals surface area contributed by atoms with Crippen LogP contribution in [0.15, 0.2) is 30.3 Å². The van der Waals surface area contributed by atoms with Crippen molar-refractivity contribution in [3.05, 3.63) is 35.9 Å². The summed E-state index contributed by atoms with van der Waals surface area (Å²) >= 11 is 0. The summed E-state index contributed by atoms with van der Waals surface area (Å²) in [6.07, 6.45) is 66.3. The molecule has 0 fully saturated rings. The Kier molecular flexibility index (Phi) is 55.6. The van der Waals surface area contributed by atoms with Crippen molar-refractivity contribution >= 4 is 23.7 Å². The number of esters is 3. The van der Waals surface area contributed by atoms with Crippen LogP contribution in [0.4, 0.5) is 0 Å². The van der Waals surface area contributed by atoms with E-state index in [0.29, 0.717) is 19.3 Å². The molecule has 1 rings (SSSR count). The first-order valence-electron chi connectivity index (χ1n) is 35.6. The monoisotopic (exact) mass is 1140 g/mol. The topological polar surface area (TPSA) is 116 Å². The lowest BCUT2D eigenvalue weighted by Crippen LogP contribution is -2.55. The van der Waals surface area contributed by atoms with Gasteiger partial charge in [0.15, 0.2) is 17.3 Å². The molecule has 1 N–H and O–H groups in total. The molecule has 0 radical (unpaired) electrons. The maximum Gasteiger partial charge on any atom is 0.340 e. The number of hydrogen-bond donors (Lipinski definition) is 1. The zero-order valence-corrected chi connectivity index (χ0v) is 53.8. The Balaban J connectivity index is 2.66. The fourth-order valence-electron chi connectivity index (χ4n) is 11.6. The Hall–Kier alpha value is -2.74. The molecule has 2 unspecified atom stereocenters. The summed E-state index contributed by atoms with van der Waals surface area (Å²) in [4.78, 5) is 56.1. The Labute approximate surface area is 501 Å². The van der Waals surface area contributed by atoms with Crippen molar-refractivity contribution < 1.29 is 38.5 Å². The van der Waals surface area contributed by atoms with Crippen LogP contribution in [0.5, 0.6) is 0 Å². The van der Waals surface area contributed by atoms with Gasteiger partial charge in [-0.1, -0.05) is 379 Å². The van der Waals surface area contributed by atoms with Crippen molar-refractivity contribution in [2.24, 2.45) is 5.92 Å². The smallest absolute Gasteiger partial charge is 0.340 e. The van der Waals surface area contributed by atoms with E-state index in [1.165, 1.54) is 270 Å². The highest BCUT2D eigenvalue weighted by molar-refractivity contribution is 6.13. The molecule has 8 heteroatoms. The Morgan fingerprint density at radius 2 is 0.568 bits per heavy atom. The van der Waals surface area contributed by atoms with Gasteiger partial charge in [0.25, 0.3) is 0 Å². The zero-order chi connectivity index (χ0) is 58.6. The number of ketones is 1. The van der Waals surface area contributed by atoms with Crippen molar-refractivity contribution in [2.75, 3.05) is 19.8 Å². The van der Waals surface area contributed by atoms with E-state index >= 15 is 0 Å². The standard InChI is InChI=1S/C73H132O8/c1-4-7-10-13-16-19-22-25-28-31-34-37-40-43-46-49-52-58-63-79-68(74)66-73(78,72(77)81-65-60-54-51-48-45-42-39-36-33-30-27-24-21-18-15-12-9-6-3)69(70(75)67-61-56-55-57-62-67)71(76)80-64-59-53-50-47-44-41-38-35-32-29-26-23-20-17-14-11-8-5-2/h55-57,61-62,69,78H,4-54,58-60,63-66H2,1-3H3. The Morgan fingerprint density at radius 3 is 0.840 bits per heavy atom. The van der Waals surface area contributed by atoms with Gasteiger partial charge in [0, 0.05) is 5.56 Å². The molecule has 0 aliphatic carbocycles. The summed E-state index contributed by atoms with van der Waals surface area (Å²) < 4.78 is 17.0. The quantitative estimate of drug-likeness (QED) is 0.0225. The number of benzene rings is 1. The molecule has 0 aliphatic rings. The van der Waals surface area contributed by atoms with Gasteiger partial charge in [-0.15, -0.1) is 0 Å². The number of hydrogen-bond acceptors (Lipinski definition) is 8. The van der Waals surface area contributed by atoms with Crippen LogP contribution < -0.4 is 0 Å². The predicted molar refractivity (Wildman–Crippen MR) is 343 cm³/mol. The van der Waals surface area contributed by atoms with Gasteiger partial charge < -0.3 is 19.3 Å². The lowest BCUT2D eigenvalue weighted by molar-refractivity contribution is -0.183. The average Bonchev–Trinajstić information content (AvgIpc) is 3.60. The molecule has 0 amide bonds. The number of aliphatic hydroxyl groups is 1. The highest BCUT2D eigenvalue weighted by atomic mass is 16.6. The number of unbranched alkanes of at least 4 members (excludes halogenated alkanes) is 51. The lowest BCUT2D eigenvalue weighted by Gasteiger charge is -2.31. The summed E-state index contributed by atoms with van der Waals surface area (Å²) in [7, 11) is 0. The molecule has 0 bridgehead atoms. The second-order valence-corrected chi connectivity index (χ2v) is 24.8. The second-order valence-electron chi connectivity index (χ2n) is 24.8. The van der Waals surface area contributed by atoms with Crippen molar-refractivity contribution in [3.8, 4) is 0 Å². The van der Waals surface area contributed by atoms with Gasteiger partial charge in [0.05, 0.1) is 26.2 Å². The van der Waals surface area contributed by atoms with Crippen LogP contribution >= 0.6 is 0 Å².